The van der Waals surface area contributed by atoms with Crippen molar-refractivity contribution in [2.45, 2.75) is 110 Å². The second-order valence-electron chi connectivity index (χ2n) is 10.6. The third kappa shape index (κ3) is 5.59. The van der Waals surface area contributed by atoms with E-state index < -0.39 is 11.6 Å². The molecule has 3 aliphatic rings. The zero-order valence-electron chi connectivity index (χ0n) is 20.1. The van der Waals surface area contributed by atoms with Crippen LogP contribution in [0.2, 0.25) is 0 Å². The molecule has 2 fully saturated rings. The summed E-state index contributed by atoms with van der Waals surface area (Å²) in [6, 6.07) is 1.62. The Labute approximate surface area is 193 Å². The molecule has 4 rings (SSSR count). The quantitative estimate of drug-likeness (QED) is 0.398. The van der Waals surface area contributed by atoms with Crippen LogP contribution in [0.5, 0.6) is 11.5 Å². The van der Waals surface area contributed by atoms with Gasteiger partial charge in [0.2, 0.25) is 11.6 Å². The molecule has 2 saturated carbocycles. The molecule has 4 heteroatoms. The van der Waals surface area contributed by atoms with E-state index in [1.165, 1.54) is 64.2 Å². The van der Waals surface area contributed by atoms with Crippen LogP contribution >= 0.6 is 0 Å². The Bertz CT molecular complexity index is 733. The standard InChI is InChI=1S/C28H42F2O2/c1-3-5-19-6-11-21(12-7-19)22-13-8-20(9-14-22)10-16-24-17-15-23-18-25(31-4-2)26(29)27(30)28(23)32-24/h18-22,24H,3-17H2,1-2H3/t19-,20?,21-,22?,24?. The van der Waals surface area contributed by atoms with Gasteiger partial charge >= 0.3 is 0 Å². The molecule has 1 unspecified atom stereocenters. The molecular formula is C28H42F2O2. The largest absolute Gasteiger partial charge is 0.491 e. The van der Waals surface area contributed by atoms with Gasteiger partial charge in [-0.05, 0) is 88.0 Å². The smallest absolute Gasteiger partial charge is 0.204 e. The van der Waals surface area contributed by atoms with Crippen molar-refractivity contribution in [3.8, 4) is 11.5 Å². The highest BCUT2D eigenvalue weighted by Gasteiger charge is 2.32. The molecular weight excluding hydrogens is 406 g/mol. The number of halogens is 2. The molecule has 2 nitrogen and oxygen atoms in total. The molecule has 1 aromatic carbocycles. The molecule has 0 radical (unpaired) electrons. The van der Waals surface area contributed by atoms with Crippen molar-refractivity contribution in [3.63, 3.8) is 0 Å². The zero-order valence-corrected chi connectivity index (χ0v) is 20.1. The van der Waals surface area contributed by atoms with Crippen LogP contribution in [0.1, 0.15) is 103 Å². The van der Waals surface area contributed by atoms with Crippen molar-refractivity contribution in [1.82, 2.24) is 0 Å². The average Bonchev–Trinajstić information content (AvgIpc) is 2.82. The van der Waals surface area contributed by atoms with Gasteiger partial charge in [0.1, 0.15) is 0 Å². The highest BCUT2D eigenvalue weighted by atomic mass is 19.2. The molecule has 0 aromatic heterocycles. The Kier molecular flexibility index (Phi) is 8.34. The first-order valence-corrected chi connectivity index (χ1v) is 13.4. The first-order valence-electron chi connectivity index (χ1n) is 13.4. The van der Waals surface area contributed by atoms with Crippen LogP contribution in [0, 0.1) is 35.3 Å². The summed E-state index contributed by atoms with van der Waals surface area (Å²) in [5.41, 5.74) is 0.734. The van der Waals surface area contributed by atoms with E-state index in [0.717, 1.165) is 54.9 Å². The van der Waals surface area contributed by atoms with Gasteiger partial charge in [0.15, 0.2) is 11.5 Å². The van der Waals surface area contributed by atoms with Crippen LogP contribution in [0.3, 0.4) is 0 Å². The molecule has 180 valence electrons. The van der Waals surface area contributed by atoms with Crippen LogP contribution in [-0.2, 0) is 6.42 Å². The highest BCUT2D eigenvalue weighted by molar-refractivity contribution is 5.44. The Morgan fingerprint density at radius 2 is 1.44 bits per heavy atom. The van der Waals surface area contributed by atoms with Gasteiger partial charge in [0.05, 0.1) is 12.7 Å². The molecule has 1 aromatic rings. The van der Waals surface area contributed by atoms with E-state index in [4.69, 9.17) is 9.47 Å². The number of hydrogen-bond donors (Lipinski definition) is 0. The van der Waals surface area contributed by atoms with Gasteiger partial charge in [0.25, 0.3) is 0 Å². The summed E-state index contributed by atoms with van der Waals surface area (Å²) < 4.78 is 40.0. The Morgan fingerprint density at radius 3 is 2.03 bits per heavy atom. The van der Waals surface area contributed by atoms with Gasteiger partial charge in [-0.2, -0.15) is 8.78 Å². The SMILES string of the molecule is CCC[C@H]1CC[C@H](C2CCC(CCC3CCc4cc(OCC)c(F)c(F)c4O3)CC2)CC1. The van der Waals surface area contributed by atoms with Crippen LogP contribution in [0.15, 0.2) is 6.07 Å². The van der Waals surface area contributed by atoms with Crippen LogP contribution < -0.4 is 9.47 Å². The maximum absolute atomic E-state index is 14.5. The van der Waals surface area contributed by atoms with Crippen molar-refractivity contribution in [3.05, 3.63) is 23.3 Å². The van der Waals surface area contributed by atoms with Crippen molar-refractivity contribution >= 4 is 0 Å². The topological polar surface area (TPSA) is 18.5 Å². The molecule has 1 heterocycles. The average molecular weight is 449 g/mol. The predicted molar refractivity (Wildman–Crippen MR) is 125 cm³/mol. The van der Waals surface area contributed by atoms with E-state index in [9.17, 15) is 8.78 Å². The minimum atomic E-state index is -0.923. The minimum absolute atomic E-state index is 0.000843. The molecule has 1 aliphatic heterocycles. The first kappa shape index (κ1) is 23.8. The molecule has 2 aliphatic carbocycles. The first-order chi connectivity index (χ1) is 15.6. The second-order valence-corrected chi connectivity index (χ2v) is 10.6. The summed E-state index contributed by atoms with van der Waals surface area (Å²) in [4.78, 5) is 0. The summed E-state index contributed by atoms with van der Waals surface area (Å²) in [5, 5.41) is 0. The fourth-order valence-corrected chi connectivity index (χ4v) is 6.68. The number of fused-ring (bicyclic) bond motifs is 1. The molecule has 32 heavy (non-hydrogen) atoms. The van der Waals surface area contributed by atoms with E-state index in [1.807, 2.05) is 0 Å². The maximum atomic E-state index is 14.5. The summed E-state index contributed by atoms with van der Waals surface area (Å²) in [5.74, 6) is 2.00. The van der Waals surface area contributed by atoms with Gasteiger partial charge < -0.3 is 9.47 Å². The van der Waals surface area contributed by atoms with Gasteiger partial charge in [-0.25, -0.2) is 0 Å². The van der Waals surface area contributed by atoms with Crippen LogP contribution in [0.25, 0.3) is 0 Å². The predicted octanol–water partition coefficient (Wildman–Crippen LogP) is 8.25. The Balaban J connectivity index is 1.21. The summed E-state index contributed by atoms with van der Waals surface area (Å²) in [7, 11) is 0. The van der Waals surface area contributed by atoms with Gasteiger partial charge in [-0.3, -0.25) is 0 Å². The maximum Gasteiger partial charge on any atom is 0.204 e. The fraction of sp³-hybridized carbons (Fsp3) is 0.786. The number of ether oxygens (including phenoxy) is 2. The normalized spacial score (nSPS) is 30.4. The van der Waals surface area contributed by atoms with E-state index in [2.05, 4.69) is 6.92 Å². The number of benzene rings is 1. The van der Waals surface area contributed by atoms with Crippen LogP contribution in [-0.4, -0.2) is 12.7 Å². The van der Waals surface area contributed by atoms with Crippen LogP contribution in [0.4, 0.5) is 8.78 Å². The van der Waals surface area contributed by atoms with Crippen molar-refractivity contribution in [2.75, 3.05) is 6.61 Å². The molecule has 0 spiro atoms. The van der Waals surface area contributed by atoms with E-state index >= 15 is 0 Å². The van der Waals surface area contributed by atoms with Gasteiger partial charge in [-0.15, -0.1) is 0 Å². The fourth-order valence-electron chi connectivity index (χ4n) is 6.68. The number of hydrogen-bond acceptors (Lipinski definition) is 2. The highest BCUT2D eigenvalue weighted by Crippen LogP contribution is 2.43. The summed E-state index contributed by atoms with van der Waals surface area (Å²) in [6.45, 7) is 4.41. The summed E-state index contributed by atoms with van der Waals surface area (Å²) in [6.07, 6.45) is 17.8. The van der Waals surface area contributed by atoms with Crippen molar-refractivity contribution in [2.24, 2.45) is 23.7 Å². The molecule has 1 atom stereocenters. The zero-order chi connectivity index (χ0) is 22.5. The van der Waals surface area contributed by atoms with Gasteiger partial charge in [-0.1, -0.05) is 45.4 Å². The van der Waals surface area contributed by atoms with Crippen molar-refractivity contribution in [1.29, 1.82) is 0 Å². The molecule has 0 bridgehead atoms. The third-order valence-electron chi connectivity index (χ3n) is 8.57. The molecule has 0 saturated heterocycles. The van der Waals surface area contributed by atoms with Gasteiger partial charge in [0, 0.05) is 5.56 Å². The summed E-state index contributed by atoms with van der Waals surface area (Å²) >= 11 is 0. The minimum Gasteiger partial charge on any atom is -0.491 e. The molecule has 0 amide bonds. The lowest BCUT2D eigenvalue weighted by Crippen LogP contribution is -2.27. The lowest BCUT2D eigenvalue weighted by Gasteiger charge is -2.38. The lowest BCUT2D eigenvalue weighted by atomic mass is 9.68. The monoisotopic (exact) mass is 448 g/mol. The van der Waals surface area contributed by atoms with Crippen molar-refractivity contribution < 1.29 is 18.3 Å². The third-order valence-corrected chi connectivity index (χ3v) is 8.57. The lowest BCUT2D eigenvalue weighted by molar-refractivity contribution is 0.119. The van der Waals surface area contributed by atoms with E-state index in [-0.39, 0.29) is 17.6 Å². The Hall–Kier alpha value is -1.32. The number of aryl methyl sites for hydroxylation is 1. The second kappa shape index (κ2) is 11.2. The number of rotatable bonds is 8. The van der Waals surface area contributed by atoms with E-state index in [0.29, 0.717) is 6.61 Å². The Morgan fingerprint density at radius 1 is 0.812 bits per heavy atom. The molecule has 0 N–H and O–H groups in total. The van der Waals surface area contributed by atoms with E-state index in [1.54, 1.807) is 13.0 Å².